The Morgan fingerprint density at radius 1 is 1.10 bits per heavy atom. The minimum absolute atomic E-state index is 0.0324. The van der Waals surface area contributed by atoms with Gasteiger partial charge in [-0.25, -0.2) is 23.1 Å². The largest absolute Gasteiger partial charge is 0.264 e. The zero-order valence-electron chi connectivity index (χ0n) is 11.3. The molecule has 0 spiro atoms. The first kappa shape index (κ1) is 14.7. The van der Waals surface area contributed by atoms with Crippen molar-refractivity contribution in [1.29, 1.82) is 0 Å². The predicted molar refractivity (Wildman–Crippen MR) is 78.5 cm³/mol. The molecule has 0 aliphatic heterocycles. The highest BCUT2D eigenvalue weighted by Gasteiger charge is 2.18. The molecule has 1 aromatic carbocycles. The first-order chi connectivity index (χ1) is 9.28. The number of rotatable bonds is 3. The predicted octanol–water partition coefficient (Wildman–Crippen LogP) is 2.86. The van der Waals surface area contributed by atoms with Crippen molar-refractivity contribution in [3.05, 3.63) is 46.2 Å². The first-order valence-electron chi connectivity index (χ1n) is 5.89. The number of sulfonamides is 1. The van der Waals surface area contributed by atoms with Gasteiger partial charge in [-0.05, 0) is 38.5 Å². The topological polar surface area (TPSA) is 72.0 Å². The molecule has 1 N–H and O–H groups in total. The Morgan fingerprint density at radius 2 is 1.80 bits per heavy atom. The van der Waals surface area contributed by atoms with Crippen LogP contribution in [0.4, 0.5) is 5.95 Å². The van der Waals surface area contributed by atoms with Gasteiger partial charge >= 0.3 is 0 Å². The van der Waals surface area contributed by atoms with Gasteiger partial charge in [0.05, 0.1) is 4.90 Å². The van der Waals surface area contributed by atoms with E-state index in [2.05, 4.69) is 14.7 Å². The van der Waals surface area contributed by atoms with Crippen LogP contribution in [0.25, 0.3) is 0 Å². The van der Waals surface area contributed by atoms with Gasteiger partial charge in [0, 0.05) is 5.69 Å². The summed E-state index contributed by atoms with van der Waals surface area (Å²) in [7, 11) is -3.73. The molecule has 2 aromatic rings. The van der Waals surface area contributed by atoms with Crippen LogP contribution in [0.15, 0.2) is 29.2 Å². The first-order valence-corrected chi connectivity index (χ1v) is 7.75. The molecular formula is C13H14ClN3O2S. The summed E-state index contributed by atoms with van der Waals surface area (Å²) in [4.78, 5) is 8.06. The highest BCUT2D eigenvalue weighted by atomic mass is 35.5. The monoisotopic (exact) mass is 311 g/mol. The van der Waals surface area contributed by atoms with Gasteiger partial charge in [-0.1, -0.05) is 29.3 Å². The molecule has 0 bridgehead atoms. The summed E-state index contributed by atoms with van der Waals surface area (Å²) in [5.41, 5.74) is 2.25. The van der Waals surface area contributed by atoms with Crippen LogP contribution < -0.4 is 4.72 Å². The van der Waals surface area contributed by atoms with E-state index in [9.17, 15) is 8.42 Å². The average molecular weight is 312 g/mol. The van der Waals surface area contributed by atoms with Crippen LogP contribution in [0.1, 0.15) is 16.8 Å². The van der Waals surface area contributed by atoms with Crippen molar-refractivity contribution < 1.29 is 8.42 Å². The van der Waals surface area contributed by atoms with E-state index in [1.54, 1.807) is 38.1 Å². The lowest BCUT2D eigenvalue weighted by molar-refractivity contribution is 0.600. The average Bonchev–Trinajstić information content (AvgIpc) is 2.25. The van der Waals surface area contributed by atoms with Crippen LogP contribution in [0.5, 0.6) is 0 Å². The van der Waals surface area contributed by atoms with Gasteiger partial charge in [-0.3, -0.25) is 0 Å². The highest BCUT2D eigenvalue weighted by Crippen LogP contribution is 2.19. The Hall–Kier alpha value is -1.66. The van der Waals surface area contributed by atoms with E-state index in [1.165, 1.54) is 0 Å². The Morgan fingerprint density at radius 3 is 2.40 bits per heavy atom. The molecule has 0 saturated heterocycles. The summed E-state index contributed by atoms with van der Waals surface area (Å²) in [5.74, 6) is -0.0324. The third kappa shape index (κ3) is 3.26. The molecule has 2 rings (SSSR count). The number of hydrogen-bond acceptors (Lipinski definition) is 4. The maximum Gasteiger partial charge on any atom is 0.264 e. The molecule has 0 saturated carbocycles. The van der Waals surface area contributed by atoms with E-state index in [4.69, 9.17) is 11.6 Å². The van der Waals surface area contributed by atoms with Gasteiger partial charge in [-0.15, -0.1) is 0 Å². The third-order valence-corrected chi connectivity index (χ3v) is 4.35. The number of hydrogen-bond donors (Lipinski definition) is 1. The quantitative estimate of drug-likeness (QED) is 0.885. The second kappa shape index (κ2) is 5.38. The molecule has 0 atom stereocenters. The zero-order chi connectivity index (χ0) is 14.9. The Labute approximate surface area is 123 Å². The van der Waals surface area contributed by atoms with Gasteiger partial charge in [0.25, 0.3) is 10.0 Å². The lowest BCUT2D eigenvalue weighted by Crippen LogP contribution is -2.16. The van der Waals surface area contributed by atoms with Crippen LogP contribution in [0.3, 0.4) is 0 Å². The standard InChI is InChI=1S/C13H14ClN3O2S/c1-8-4-5-11(9(2)6-8)20(18,19)17-13-15-10(3)7-12(14)16-13/h4-7H,1-3H3,(H,15,16,17). The lowest BCUT2D eigenvalue weighted by Gasteiger charge is -2.10. The van der Waals surface area contributed by atoms with Crippen molar-refractivity contribution >= 4 is 27.6 Å². The van der Waals surface area contributed by atoms with E-state index >= 15 is 0 Å². The van der Waals surface area contributed by atoms with Gasteiger partial charge < -0.3 is 0 Å². The fraction of sp³-hybridized carbons (Fsp3) is 0.231. The molecular weight excluding hydrogens is 298 g/mol. The van der Waals surface area contributed by atoms with Crippen molar-refractivity contribution in [3.8, 4) is 0 Å². The fourth-order valence-corrected chi connectivity index (χ4v) is 3.26. The Balaban J connectivity index is 2.40. The molecule has 20 heavy (non-hydrogen) atoms. The fourth-order valence-electron chi connectivity index (χ4n) is 1.85. The molecule has 1 heterocycles. The lowest BCUT2D eigenvalue weighted by atomic mass is 10.2. The normalized spacial score (nSPS) is 11.4. The molecule has 106 valence electrons. The molecule has 5 nitrogen and oxygen atoms in total. The molecule has 0 aliphatic carbocycles. The minimum Gasteiger partial charge on any atom is -0.247 e. The molecule has 7 heteroatoms. The summed E-state index contributed by atoms with van der Waals surface area (Å²) in [5, 5.41) is 0.191. The van der Waals surface area contributed by atoms with Crippen LogP contribution in [0.2, 0.25) is 5.15 Å². The van der Waals surface area contributed by atoms with Crippen molar-refractivity contribution in [1.82, 2.24) is 9.97 Å². The summed E-state index contributed by atoms with van der Waals surface area (Å²) < 4.78 is 27.0. The van der Waals surface area contributed by atoms with E-state index in [1.807, 2.05) is 6.92 Å². The van der Waals surface area contributed by atoms with Gasteiger partial charge in [0.15, 0.2) is 0 Å². The number of aryl methyl sites for hydroxylation is 3. The van der Waals surface area contributed by atoms with Gasteiger partial charge in [0.2, 0.25) is 5.95 Å². The number of anilines is 1. The van der Waals surface area contributed by atoms with E-state index in [0.717, 1.165) is 5.56 Å². The van der Waals surface area contributed by atoms with E-state index in [-0.39, 0.29) is 16.0 Å². The molecule has 0 unspecified atom stereocenters. The van der Waals surface area contributed by atoms with E-state index < -0.39 is 10.0 Å². The SMILES string of the molecule is Cc1ccc(S(=O)(=O)Nc2nc(C)cc(Cl)n2)c(C)c1. The number of benzene rings is 1. The maximum atomic E-state index is 12.3. The summed E-state index contributed by atoms with van der Waals surface area (Å²) >= 11 is 5.79. The summed E-state index contributed by atoms with van der Waals surface area (Å²) in [6.45, 7) is 5.36. The third-order valence-electron chi connectivity index (χ3n) is 2.67. The van der Waals surface area contributed by atoms with Gasteiger partial charge in [0.1, 0.15) is 5.15 Å². The smallest absolute Gasteiger partial charge is 0.247 e. The minimum atomic E-state index is -3.73. The van der Waals surface area contributed by atoms with Crippen molar-refractivity contribution in [2.24, 2.45) is 0 Å². The van der Waals surface area contributed by atoms with Crippen LogP contribution in [0, 0.1) is 20.8 Å². The number of nitrogens with zero attached hydrogens (tertiary/aromatic N) is 2. The molecule has 0 amide bonds. The summed E-state index contributed by atoms with van der Waals surface area (Å²) in [6.07, 6.45) is 0. The van der Waals surface area contributed by atoms with Crippen molar-refractivity contribution in [2.45, 2.75) is 25.7 Å². The highest BCUT2D eigenvalue weighted by molar-refractivity contribution is 7.92. The number of halogens is 1. The van der Waals surface area contributed by atoms with Crippen LogP contribution in [-0.2, 0) is 10.0 Å². The maximum absolute atomic E-state index is 12.3. The Bertz CT molecular complexity index is 740. The number of nitrogens with one attached hydrogen (secondary N) is 1. The second-order valence-electron chi connectivity index (χ2n) is 4.53. The van der Waals surface area contributed by atoms with Gasteiger partial charge in [-0.2, -0.15) is 0 Å². The van der Waals surface area contributed by atoms with Crippen LogP contribution >= 0.6 is 11.6 Å². The second-order valence-corrected chi connectivity index (χ2v) is 6.57. The summed E-state index contributed by atoms with van der Waals surface area (Å²) in [6, 6.07) is 6.66. The van der Waals surface area contributed by atoms with Crippen LogP contribution in [-0.4, -0.2) is 18.4 Å². The van der Waals surface area contributed by atoms with E-state index in [0.29, 0.717) is 11.3 Å². The van der Waals surface area contributed by atoms with Crippen molar-refractivity contribution in [3.63, 3.8) is 0 Å². The zero-order valence-corrected chi connectivity index (χ0v) is 12.9. The molecule has 0 radical (unpaired) electrons. The Kier molecular flexibility index (Phi) is 3.96. The van der Waals surface area contributed by atoms with Crippen molar-refractivity contribution in [2.75, 3.05) is 4.72 Å². The molecule has 0 fully saturated rings. The number of aromatic nitrogens is 2. The molecule has 0 aliphatic rings. The molecule has 1 aromatic heterocycles.